The zero-order valence-corrected chi connectivity index (χ0v) is 18.5. The van der Waals surface area contributed by atoms with Gasteiger partial charge < -0.3 is 10.3 Å². The van der Waals surface area contributed by atoms with Crippen molar-refractivity contribution in [2.24, 2.45) is 0 Å². The SMILES string of the molecule is Cc1c(Cl)cccc1NC(=O)CCSCc1nc2sc3c(c2c(=O)[nH]1)CCCC3. The molecule has 0 fully saturated rings. The molecule has 1 aliphatic carbocycles. The van der Waals surface area contributed by atoms with E-state index in [-0.39, 0.29) is 11.5 Å². The van der Waals surface area contributed by atoms with Gasteiger partial charge in [-0.1, -0.05) is 17.7 Å². The summed E-state index contributed by atoms with van der Waals surface area (Å²) in [5.74, 6) is 1.86. The number of hydrogen-bond donors (Lipinski definition) is 2. The van der Waals surface area contributed by atoms with E-state index >= 15 is 0 Å². The van der Waals surface area contributed by atoms with Crippen LogP contribution in [0.4, 0.5) is 5.69 Å². The Kier molecular flexibility index (Phi) is 6.27. The molecular formula is C21H22ClN3O2S2. The highest BCUT2D eigenvalue weighted by Gasteiger charge is 2.19. The fourth-order valence-corrected chi connectivity index (χ4v) is 5.83. The van der Waals surface area contributed by atoms with Crippen LogP contribution in [0, 0.1) is 6.92 Å². The van der Waals surface area contributed by atoms with Crippen LogP contribution in [-0.2, 0) is 23.4 Å². The number of nitrogens with one attached hydrogen (secondary N) is 2. The second kappa shape index (κ2) is 8.90. The lowest BCUT2D eigenvalue weighted by Gasteiger charge is -2.09. The van der Waals surface area contributed by atoms with E-state index in [0.29, 0.717) is 28.8 Å². The Hall–Kier alpha value is -1.83. The van der Waals surface area contributed by atoms with E-state index < -0.39 is 0 Å². The molecule has 1 aromatic carbocycles. The first-order valence-electron chi connectivity index (χ1n) is 9.69. The molecule has 0 atom stereocenters. The summed E-state index contributed by atoms with van der Waals surface area (Å²) in [6, 6.07) is 5.47. The van der Waals surface area contributed by atoms with Crippen LogP contribution in [0.1, 0.15) is 41.1 Å². The number of benzene rings is 1. The van der Waals surface area contributed by atoms with Gasteiger partial charge >= 0.3 is 0 Å². The number of aromatic nitrogens is 2. The summed E-state index contributed by atoms with van der Waals surface area (Å²) in [7, 11) is 0. The molecule has 0 unspecified atom stereocenters. The highest BCUT2D eigenvalue weighted by molar-refractivity contribution is 7.98. The largest absolute Gasteiger partial charge is 0.326 e. The average molecular weight is 448 g/mol. The van der Waals surface area contributed by atoms with E-state index in [0.717, 1.165) is 40.7 Å². The summed E-state index contributed by atoms with van der Waals surface area (Å²) in [6.45, 7) is 1.88. The van der Waals surface area contributed by atoms with Crippen LogP contribution in [0.3, 0.4) is 0 Å². The fraction of sp³-hybridized carbons (Fsp3) is 0.381. The molecule has 29 heavy (non-hydrogen) atoms. The molecule has 0 spiro atoms. The van der Waals surface area contributed by atoms with E-state index in [1.807, 2.05) is 19.1 Å². The topological polar surface area (TPSA) is 74.8 Å². The van der Waals surface area contributed by atoms with Gasteiger partial charge in [0.2, 0.25) is 5.91 Å². The van der Waals surface area contributed by atoms with Gasteiger partial charge in [-0.15, -0.1) is 11.3 Å². The first-order valence-corrected chi connectivity index (χ1v) is 12.0. The predicted molar refractivity (Wildman–Crippen MR) is 122 cm³/mol. The molecule has 0 aliphatic heterocycles. The molecule has 0 bridgehead atoms. The first kappa shape index (κ1) is 20.4. The maximum absolute atomic E-state index is 12.6. The van der Waals surface area contributed by atoms with Gasteiger partial charge in [-0.05, 0) is 55.9 Å². The predicted octanol–water partition coefficient (Wildman–Crippen LogP) is 5.09. The van der Waals surface area contributed by atoms with E-state index in [9.17, 15) is 9.59 Å². The highest BCUT2D eigenvalue weighted by Crippen LogP contribution is 2.33. The van der Waals surface area contributed by atoms with Crippen molar-refractivity contribution in [1.82, 2.24) is 9.97 Å². The van der Waals surface area contributed by atoms with Crippen LogP contribution in [0.15, 0.2) is 23.0 Å². The fourth-order valence-electron chi connectivity index (χ4n) is 3.57. The molecule has 8 heteroatoms. The monoisotopic (exact) mass is 447 g/mol. The van der Waals surface area contributed by atoms with E-state index in [4.69, 9.17) is 11.6 Å². The molecule has 4 rings (SSSR count). The third-order valence-corrected chi connectivity index (χ3v) is 7.69. The molecule has 3 aromatic rings. The summed E-state index contributed by atoms with van der Waals surface area (Å²) in [5.41, 5.74) is 2.78. The van der Waals surface area contributed by atoms with Crippen molar-refractivity contribution in [2.75, 3.05) is 11.1 Å². The summed E-state index contributed by atoms with van der Waals surface area (Å²) in [6.07, 6.45) is 4.76. The molecule has 0 saturated heterocycles. The molecule has 2 heterocycles. The van der Waals surface area contributed by atoms with Crippen molar-refractivity contribution in [3.63, 3.8) is 0 Å². The van der Waals surface area contributed by atoms with Crippen molar-refractivity contribution >= 4 is 56.5 Å². The van der Waals surface area contributed by atoms with Gasteiger partial charge in [0.25, 0.3) is 5.56 Å². The van der Waals surface area contributed by atoms with E-state index in [1.54, 1.807) is 29.2 Å². The number of rotatable bonds is 6. The van der Waals surface area contributed by atoms with Gasteiger partial charge in [-0.25, -0.2) is 4.98 Å². The van der Waals surface area contributed by atoms with Crippen molar-refractivity contribution < 1.29 is 4.79 Å². The lowest BCUT2D eigenvalue weighted by atomic mass is 9.97. The Bertz CT molecular complexity index is 1120. The molecule has 1 aliphatic rings. The number of aromatic amines is 1. The van der Waals surface area contributed by atoms with Crippen LogP contribution < -0.4 is 10.9 Å². The van der Waals surface area contributed by atoms with Crippen LogP contribution in [0.2, 0.25) is 5.02 Å². The van der Waals surface area contributed by atoms with Crippen LogP contribution in [0.25, 0.3) is 10.2 Å². The minimum Gasteiger partial charge on any atom is -0.326 e. The van der Waals surface area contributed by atoms with Crippen LogP contribution in [0.5, 0.6) is 0 Å². The number of carbonyl (C=O) groups is 1. The third-order valence-electron chi connectivity index (χ3n) is 5.13. The second-order valence-electron chi connectivity index (χ2n) is 7.17. The number of halogens is 1. The Morgan fingerprint density at radius 2 is 2.17 bits per heavy atom. The number of nitrogens with zero attached hydrogens (tertiary/aromatic N) is 1. The quantitative estimate of drug-likeness (QED) is 0.516. The lowest BCUT2D eigenvalue weighted by Crippen LogP contribution is -2.14. The molecule has 2 N–H and O–H groups in total. The minimum atomic E-state index is -0.0503. The lowest BCUT2D eigenvalue weighted by molar-refractivity contribution is -0.115. The van der Waals surface area contributed by atoms with E-state index in [2.05, 4.69) is 15.3 Å². The van der Waals surface area contributed by atoms with Crippen molar-refractivity contribution in [3.8, 4) is 0 Å². The number of amides is 1. The van der Waals surface area contributed by atoms with Gasteiger partial charge in [0.05, 0.1) is 11.1 Å². The first-order chi connectivity index (χ1) is 14.0. The summed E-state index contributed by atoms with van der Waals surface area (Å²) in [5, 5.41) is 4.33. The molecule has 5 nitrogen and oxygen atoms in total. The number of H-pyrrole nitrogens is 1. The number of fused-ring (bicyclic) bond motifs is 3. The van der Waals surface area contributed by atoms with Gasteiger partial charge in [0, 0.05) is 27.8 Å². The smallest absolute Gasteiger partial charge is 0.259 e. The molecule has 0 radical (unpaired) electrons. The third kappa shape index (κ3) is 4.52. The Morgan fingerprint density at radius 3 is 3.03 bits per heavy atom. The average Bonchev–Trinajstić information content (AvgIpc) is 3.08. The number of thiophene rings is 1. The Morgan fingerprint density at radius 1 is 1.34 bits per heavy atom. The maximum Gasteiger partial charge on any atom is 0.259 e. The van der Waals surface area contributed by atoms with Crippen molar-refractivity contribution in [1.29, 1.82) is 0 Å². The zero-order valence-electron chi connectivity index (χ0n) is 16.1. The number of aryl methyl sites for hydroxylation is 2. The minimum absolute atomic E-state index is 0.0285. The van der Waals surface area contributed by atoms with E-state index in [1.165, 1.54) is 16.9 Å². The number of carbonyl (C=O) groups excluding carboxylic acids is 1. The summed E-state index contributed by atoms with van der Waals surface area (Å²) in [4.78, 5) is 34.5. The number of anilines is 1. The van der Waals surface area contributed by atoms with Crippen LogP contribution >= 0.6 is 34.7 Å². The number of hydrogen-bond acceptors (Lipinski definition) is 5. The summed E-state index contributed by atoms with van der Waals surface area (Å²) < 4.78 is 0. The van der Waals surface area contributed by atoms with Gasteiger partial charge in [0.15, 0.2) is 0 Å². The highest BCUT2D eigenvalue weighted by atomic mass is 35.5. The maximum atomic E-state index is 12.6. The van der Waals surface area contributed by atoms with Gasteiger partial charge in [0.1, 0.15) is 10.7 Å². The standard InChI is InChI=1S/C21H22ClN3O2S2/c1-12-14(22)6-4-7-15(12)23-18(26)9-10-28-11-17-24-20(27)19-13-5-2-3-8-16(13)29-21(19)25-17/h4,6-7H,2-3,5,8-11H2,1H3,(H,23,26)(H,24,25,27). The van der Waals surface area contributed by atoms with Gasteiger partial charge in [-0.3, -0.25) is 9.59 Å². The summed E-state index contributed by atoms with van der Waals surface area (Å²) >= 11 is 9.34. The Labute approximate surface area is 182 Å². The molecular weight excluding hydrogens is 426 g/mol. The second-order valence-corrected chi connectivity index (χ2v) is 9.76. The van der Waals surface area contributed by atoms with Crippen LogP contribution in [-0.4, -0.2) is 21.6 Å². The zero-order chi connectivity index (χ0) is 20.4. The van der Waals surface area contributed by atoms with Crippen molar-refractivity contribution in [3.05, 3.63) is 55.4 Å². The molecule has 152 valence electrons. The van der Waals surface area contributed by atoms with Crippen molar-refractivity contribution in [2.45, 2.75) is 44.8 Å². The number of thioether (sulfide) groups is 1. The normalized spacial score (nSPS) is 13.4. The Balaban J connectivity index is 1.34. The molecule has 1 amide bonds. The molecule has 2 aromatic heterocycles. The molecule has 0 saturated carbocycles. The van der Waals surface area contributed by atoms with Gasteiger partial charge in [-0.2, -0.15) is 11.8 Å².